The van der Waals surface area contributed by atoms with Crippen LogP contribution in [-0.2, 0) is 16.1 Å². The van der Waals surface area contributed by atoms with Gasteiger partial charge in [-0.05, 0) is 31.5 Å². The first-order chi connectivity index (χ1) is 9.97. The van der Waals surface area contributed by atoms with Crippen LogP contribution in [0.15, 0.2) is 18.2 Å². The Hall–Kier alpha value is -2.02. The third-order valence-electron chi connectivity index (χ3n) is 3.48. The van der Waals surface area contributed by atoms with Gasteiger partial charge in [0.2, 0.25) is 0 Å². The molecule has 2 rings (SSSR count). The SMILES string of the molecule is O=C(O)C(=O)NC1CCCN(Cc2c(F)cccc2F)C1. The number of nitrogens with zero attached hydrogens (tertiary/aromatic N) is 1. The fourth-order valence-corrected chi connectivity index (χ4v) is 2.47. The van der Waals surface area contributed by atoms with Crippen LogP contribution in [0.2, 0.25) is 0 Å². The van der Waals surface area contributed by atoms with E-state index in [0.29, 0.717) is 19.5 Å². The lowest BCUT2D eigenvalue weighted by Crippen LogP contribution is -2.49. The smallest absolute Gasteiger partial charge is 0.394 e. The Morgan fingerprint density at radius 2 is 2.00 bits per heavy atom. The van der Waals surface area contributed by atoms with E-state index in [1.807, 2.05) is 0 Å². The van der Waals surface area contributed by atoms with Crippen molar-refractivity contribution in [3.63, 3.8) is 0 Å². The second-order valence-electron chi connectivity index (χ2n) is 5.05. The summed E-state index contributed by atoms with van der Waals surface area (Å²) in [6.07, 6.45) is 1.37. The van der Waals surface area contributed by atoms with Gasteiger partial charge in [-0.15, -0.1) is 0 Å². The van der Waals surface area contributed by atoms with E-state index >= 15 is 0 Å². The summed E-state index contributed by atoms with van der Waals surface area (Å²) in [5.74, 6) is -3.80. The molecule has 1 atom stereocenters. The number of nitrogens with one attached hydrogen (secondary N) is 1. The molecule has 1 amide bonds. The third-order valence-corrected chi connectivity index (χ3v) is 3.48. The summed E-state index contributed by atoms with van der Waals surface area (Å²) >= 11 is 0. The van der Waals surface area contributed by atoms with Crippen molar-refractivity contribution in [1.82, 2.24) is 10.2 Å². The van der Waals surface area contributed by atoms with Gasteiger partial charge in [-0.2, -0.15) is 0 Å². The van der Waals surface area contributed by atoms with Crippen LogP contribution >= 0.6 is 0 Å². The third kappa shape index (κ3) is 3.98. The lowest BCUT2D eigenvalue weighted by Gasteiger charge is -2.32. The van der Waals surface area contributed by atoms with E-state index in [2.05, 4.69) is 5.32 Å². The average molecular weight is 298 g/mol. The Morgan fingerprint density at radius 1 is 1.33 bits per heavy atom. The van der Waals surface area contributed by atoms with E-state index in [1.165, 1.54) is 18.2 Å². The fraction of sp³-hybridized carbons (Fsp3) is 0.429. The van der Waals surface area contributed by atoms with Crippen molar-refractivity contribution in [2.75, 3.05) is 13.1 Å². The van der Waals surface area contributed by atoms with Crippen LogP contribution in [0, 0.1) is 11.6 Å². The summed E-state index contributed by atoms with van der Waals surface area (Å²) in [7, 11) is 0. The largest absolute Gasteiger partial charge is 0.474 e. The highest BCUT2D eigenvalue weighted by Crippen LogP contribution is 2.18. The monoisotopic (exact) mass is 298 g/mol. The highest BCUT2D eigenvalue weighted by atomic mass is 19.1. The fourth-order valence-electron chi connectivity index (χ4n) is 2.47. The van der Waals surface area contributed by atoms with Crippen molar-refractivity contribution in [3.05, 3.63) is 35.4 Å². The minimum absolute atomic E-state index is 0.0114. The van der Waals surface area contributed by atoms with E-state index in [0.717, 1.165) is 6.42 Å². The number of carboxylic acids is 1. The molecule has 0 bridgehead atoms. The second kappa shape index (κ2) is 6.62. The average Bonchev–Trinajstić information content (AvgIpc) is 2.43. The maximum Gasteiger partial charge on any atom is 0.394 e. The van der Waals surface area contributed by atoms with Gasteiger partial charge in [0.05, 0.1) is 0 Å². The first kappa shape index (κ1) is 15.4. The molecule has 1 fully saturated rings. The number of likely N-dealkylation sites (tertiary alicyclic amines) is 1. The quantitative estimate of drug-likeness (QED) is 0.821. The van der Waals surface area contributed by atoms with Crippen LogP contribution in [0.25, 0.3) is 0 Å². The molecule has 5 nitrogen and oxygen atoms in total. The zero-order valence-electron chi connectivity index (χ0n) is 11.3. The molecule has 1 aromatic carbocycles. The summed E-state index contributed by atoms with van der Waals surface area (Å²) in [5.41, 5.74) is -0.0114. The zero-order chi connectivity index (χ0) is 15.4. The molecule has 0 aromatic heterocycles. The normalized spacial score (nSPS) is 19.2. The molecule has 0 spiro atoms. The summed E-state index contributed by atoms with van der Waals surface area (Å²) in [6, 6.07) is 3.38. The topological polar surface area (TPSA) is 69.6 Å². The first-order valence-corrected chi connectivity index (χ1v) is 6.66. The van der Waals surface area contributed by atoms with Gasteiger partial charge < -0.3 is 10.4 Å². The molecule has 0 aliphatic carbocycles. The van der Waals surface area contributed by atoms with E-state index in [-0.39, 0.29) is 18.2 Å². The highest BCUT2D eigenvalue weighted by Gasteiger charge is 2.24. The number of piperidine rings is 1. The summed E-state index contributed by atoms with van der Waals surface area (Å²) in [5, 5.41) is 11.0. The molecule has 114 valence electrons. The molecule has 0 radical (unpaired) electrons. The maximum absolute atomic E-state index is 13.6. The number of carboxylic acid groups (broad SMARTS) is 1. The lowest BCUT2D eigenvalue weighted by molar-refractivity contribution is -0.150. The molecule has 21 heavy (non-hydrogen) atoms. The van der Waals surface area contributed by atoms with E-state index < -0.39 is 23.5 Å². The van der Waals surface area contributed by atoms with Gasteiger partial charge in [0.25, 0.3) is 0 Å². The molecule has 7 heteroatoms. The Bertz CT molecular complexity index is 531. The number of carbonyl (C=O) groups is 2. The van der Waals surface area contributed by atoms with Crippen molar-refractivity contribution in [2.45, 2.75) is 25.4 Å². The van der Waals surface area contributed by atoms with Gasteiger partial charge in [0, 0.05) is 24.7 Å². The first-order valence-electron chi connectivity index (χ1n) is 6.66. The van der Waals surface area contributed by atoms with Gasteiger partial charge in [-0.1, -0.05) is 6.07 Å². The number of hydrogen-bond donors (Lipinski definition) is 2. The number of aliphatic carboxylic acids is 1. The Labute approximate surface area is 120 Å². The highest BCUT2D eigenvalue weighted by molar-refractivity contribution is 6.31. The minimum atomic E-state index is -1.53. The minimum Gasteiger partial charge on any atom is -0.474 e. The number of amides is 1. The van der Waals surface area contributed by atoms with Crippen molar-refractivity contribution in [1.29, 1.82) is 0 Å². The number of rotatable bonds is 3. The molecule has 1 aromatic rings. The Balaban J connectivity index is 1.98. The zero-order valence-corrected chi connectivity index (χ0v) is 11.3. The molecule has 1 aliphatic heterocycles. The van der Waals surface area contributed by atoms with Crippen LogP contribution in [0.4, 0.5) is 8.78 Å². The number of halogens is 2. The van der Waals surface area contributed by atoms with Crippen molar-refractivity contribution in [2.24, 2.45) is 0 Å². The van der Waals surface area contributed by atoms with Crippen LogP contribution in [0.1, 0.15) is 18.4 Å². The lowest BCUT2D eigenvalue weighted by atomic mass is 10.0. The Morgan fingerprint density at radius 3 is 2.62 bits per heavy atom. The molecule has 1 heterocycles. The van der Waals surface area contributed by atoms with Crippen molar-refractivity contribution >= 4 is 11.9 Å². The van der Waals surface area contributed by atoms with Crippen LogP contribution in [0.5, 0.6) is 0 Å². The predicted molar refractivity (Wildman–Crippen MR) is 70.4 cm³/mol. The van der Waals surface area contributed by atoms with E-state index in [9.17, 15) is 18.4 Å². The Kier molecular flexibility index (Phi) is 4.85. The summed E-state index contributed by atoms with van der Waals surface area (Å²) < 4.78 is 27.2. The number of carbonyl (C=O) groups excluding carboxylic acids is 1. The van der Waals surface area contributed by atoms with Crippen LogP contribution < -0.4 is 5.32 Å². The van der Waals surface area contributed by atoms with Gasteiger partial charge in [-0.3, -0.25) is 9.69 Å². The molecular weight excluding hydrogens is 282 g/mol. The predicted octanol–water partition coefficient (Wildman–Crippen LogP) is 1.13. The van der Waals surface area contributed by atoms with Gasteiger partial charge in [0.15, 0.2) is 0 Å². The van der Waals surface area contributed by atoms with Gasteiger partial charge in [-0.25, -0.2) is 13.6 Å². The van der Waals surface area contributed by atoms with Crippen LogP contribution in [-0.4, -0.2) is 41.0 Å². The van der Waals surface area contributed by atoms with Crippen molar-refractivity contribution in [3.8, 4) is 0 Å². The summed E-state index contributed by atoms with van der Waals surface area (Å²) in [4.78, 5) is 23.4. The molecule has 0 saturated carbocycles. The van der Waals surface area contributed by atoms with Crippen molar-refractivity contribution < 1.29 is 23.5 Å². The molecule has 1 saturated heterocycles. The van der Waals surface area contributed by atoms with Gasteiger partial charge >= 0.3 is 11.9 Å². The summed E-state index contributed by atoms with van der Waals surface area (Å²) in [6.45, 7) is 1.11. The maximum atomic E-state index is 13.6. The van der Waals surface area contributed by atoms with E-state index in [1.54, 1.807) is 4.90 Å². The van der Waals surface area contributed by atoms with Gasteiger partial charge in [0.1, 0.15) is 11.6 Å². The van der Waals surface area contributed by atoms with E-state index in [4.69, 9.17) is 5.11 Å². The standard InChI is InChI=1S/C14H16F2N2O3/c15-11-4-1-5-12(16)10(11)8-18-6-2-3-9(7-18)17-13(19)14(20)21/h1,4-5,9H,2-3,6-8H2,(H,17,19)(H,20,21). The molecule has 1 aliphatic rings. The number of hydrogen-bond acceptors (Lipinski definition) is 3. The molecular formula is C14H16F2N2O3. The molecule has 2 N–H and O–H groups in total. The van der Waals surface area contributed by atoms with Crippen LogP contribution in [0.3, 0.4) is 0 Å². The second-order valence-corrected chi connectivity index (χ2v) is 5.05. The molecule has 1 unspecified atom stereocenters. The number of benzene rings is 1.